The van der Waals surface area contributed by atoms with Gasteiger partial charge in [-0.2, -0.15) is 0 Å². The van der Waals surface area contributed by atoms with Crippen molar-refractivity contribution in [2.45, 2.75) is 18.3 Å². The molecule has 3 aromatic carbocycles. The van der Waals surface area contributed by atoms with Gasteiger partial charge in [0.1, 0.15) is 11.6 Å². The smallest absolute Gasteiger partial charge is 0.257 e. The van der Waals surface area contributed by atoms with Crippen molar-refractivity contribution in [1.29, 1.82) is 0 Å². The molecule has 1 fully saturated rings. The minimum absolute atomic E-state index is 0.118. The molecule has 0 unspecified atom stereocenters. The van der Waals surface area contributed by atoms with Gasteiger partial charge in [0.25, 0.3) is 5.91 Å². The average Bonchev–Trinajstić information content (AvgIpc) is 2.88. The summed E-state index contributed by atoms with van der Waals surface area (Å²) in [6, 6.07) is 22.2. The molecule has 3 aromatic rings. The van der Waals surface area contributed by atoms with Crippen molar-refractivity contribution in [3.05, 3.63) is 101 Å². The third-order valence-electron chi connectivity index (χ3n) is 6.05. The number of nitrogens with one attached hydrogen (secondary N) is 1. The number of amides is 1. The van der Waals surface area contributed by atoms with Crippen LogP contribution in [0.15, 0.2) is 78.9 Å². The van der Waals surface area contributed by atoms with Crippen LogP contribution in [0, 0.1) is 5.82 Å². The zero-order valence-corrected chi connectivity index (χ0v) is 18.3. The highest BCUT2D eigenvalue weighted by Gasteiger charge is 2.34. The molecule has 1 amide bonds. The number of carbonyl (C=O) groups is 2. The van der Waals surface area contributed by atoms with Crippen molar-refractivity contribution < 1.29 is 23.5 Å². The normalized spacial score (nSPS) is 14.9. The van der Waals surface area contributed by atoms with E-state index >= 15 is 0 Å². The topological polar surface area (TPSA) is 64.6 Å². The second kappa shape index (κ2) is 10.4. The van der Waals surface area contributed by atoms with Gasteiger partial charge < -0.3 is 14.8 Å². The van der Waals surface area contributed by atoms with Crippen molar-refractivity contribution in [1.82, 2.24) is 5.32 Å². The summed E-state index contributed by atoms with van der Waals surface area (Å²) in [5, 5.41) is 3.01. The minimum Gasteiger partial charge on any atom is -0.484 e. The van der Waals surface area contributed by atoms with E-state index in [-0.39, 0.29) is 29.5 Å². The lowest BCUT2D eigenvalue weighted by Gasteiger charge is -2.38. The van der Waals surface area contributed by atoms with Gasteiger partial charge in [0.15, 0.2) is 12.4 Å². The number of halogens is 1. The zero-order valence-electron chi connectivity index (χ0n) is 18.3. The Bertz CT molecular complexity index is 1080. The van der Waals surface area contributed by atoms with Crippen molar-refractivity contribution >= 4 is 11.7 Å². The zero-order chi connectivity index (χ0) is 23.1. The van der Waals surface area contributed by atoms with Crippen LogP contribution in [0.3, 0.4) is 0 Å². The van der Waals surface area contributed by atoms with E-state index in [0.29, 0.717) is 36.6 Å². The molecule has 0 aliphatic carbocycles. The molecule has 0 radical (unpaired) electrons. The van der Waals surface area contributed by atoms with Crippen LogP contribution < -0.4 is 10.1 Å². The van der Waals surface area contributed by atoms with Gasteiger partial charge in [0.05, 0.1) is 0 Å². The highest BCUT2D eigenvalue weighted by Crippen LogP contribution is 2.34. The molecule has 5 nitrogen and oxygen atoms in total. The molecule has 1 heterocycles. The number of rotatable bonds is 8. The Morgan fingerprint density at radius 2 is 1.48 bits per heavy atom. The van der Waals surface area contributed by atoms with E-state index in [2.05, 4.69) is 17.4 Å². The second-order valence-electron chi connectivity index (χ2n) is 8.18. The Hall–Kier alpha value is -3.51. The van der Waals surface area contributed by atoms with E-state index in [1.165, 1.54) is 29.8 Å². The summed E-state index contributed by atoms with van der Waals surface area (Å²) in [5.74, 6) is -0.310. The van der Waals surface area contributed by atoms with Gasteiger partial charge in [-0.05, 0) is 66.9 Å². The number of hydrogen-bond donors (Lipinski definition) is 1. The quantitative estimate of drug-likeness (QED) is 0.523. The molecule has 0 spiro atoms. The average molecular weight is 448 g/mol. The van der Waals surface area contributed by atoms with Crippen LogP contribution in [0.2, 0.25) is 0 Å². The first kappa shape index (κ1) is 22.7. The Labute approximate surface area is 192 Å². The SMILES string of the molecule is O=C(COc1ccc(C(=O)c2ccc(F)cc2)cc1)NCC1(c2ccccc2)CCOCC1. The number of carbonyl (C=O) groups excluding carboxylic acids is 2. The van der Waals surface area contributed by atoms with Crippen LogP contribution in [0.5, 0.6) is 5.75 Å². The molecule has 170 valence electrons. The first-order valence-corrected chi connectivity index (χ1v) is 11.0. The lowest BCUT2D eigenvalue weighted by atomic mass is 9.74. The molecule has 0 bridgehead atoms. The summed E-state index contributed by atoms with van der Waals surface area (Å²) in [6.45, 7) is 1.74. The largest absolute Gasteiger partial charge is 0.484 e. The number of ketones is 1. The molecule has 6 heteroatoms. The highest BCUT2D eigenvalue weighted by atomic mass is 19.1. The molecule has 4 rings (SSSR count). The lowest BCUT2D eigenvalue weighted by molar-refractivity contribution is -0.123. The van der Waals surface area contributed by atoms with Crippen LogP contribution in [0.25, 0.3) is 0 Å². The molecule has 0 aromatic heterocycles. The predicted octanol–water partition coefficient (Wildman–Crippen LogP) is 4.30. The molecular formula is C27H26FNO4. The van der Waals surface area contributed by atoms with Crippen molar-refractivity contribution in [3.8, 4) is 5.75 Å². The van der Waals surface area contributed by atoms with E-state index in [0.717, 1.165) is 12.8 Å². The van der Waals surface area contributed by atoms with Crippen LogP contribution >= 0.6 is 0 Å². The molecule has 1 aliphatic heterocycles. The summed E-state index contributed by atoms with van der Waals surface area (Å²) in [4.78, 5) is 24.9. The van der Waals surface area contributed by atoms with Gasteiger partial charge in [-0.1, -0.05) is 30.3 Å². The summed E-state index contributed by atoms with van der Waals surface area (Å²) < 4.78 is 24.2. The summed E-state index contributed by atoms with van der Waals surface area (Å²) >= 11 is 0. The van der Waals surface area contributed by atoms with Crippen LogP contribution in [-0.2, 0) is 14.9 Å². The predicted molar refractivity (Wildman–Crippen MR) is 123 cm³/mol. The Balaban J connectivity index is 1.31. The van der Waals surface area contributed by atoms with Crippen LogP contribution in [0.4, 0.5) is 4.39 Å². The lowest BCUT2D eigenvalue weighted by Crippen LogP contribution is -2.45. The number of hydrogen-bond acceptors (Lipinski definition) is 4. The van der Waals surface area contributed by atoms with Crippen LogP contribution in [0.1, 0.15) is 34.3 Å². The fraction of sp³-hybridized carbons (Fsp3) is 0.259. The summed E-state index contributed by atoms with van der Waals surface area (Å²) in [7, 11) is 0. The van der Waals surface area contributed by atoms with E-state index in [9.17, 15) is 14.0 Å². The Kier molecular flexibility index (Phi) is 7.15. The maximum atomic E-state index is 13.1. The van der Waals surface area contributed by atoms with Crippen molar-refractivity contribution in [2.24, 2.45) is 0 Å². The number of benzene rings is 3. The van der Waals surface area contributed by atoms with Gasteiger partial charge in [0.2, 0.25) is 0 Å². The molecule has 1 aliphatic rings. The van der Waals surface area contributed by atoms with Crippen molar-refractivity contribution in [2.75, 3.05) is 26.4 Å². The fourth-order valence-corrected chi connectivity index (χ4v) is 4.06. The van der Waals surface area contributed by atoms with E-state index < -0.39 is 0 Å². The van der Waals surface area contributed by atoms with Gasteiger partial charge in [-0.3, -0.25) is 9.59 Å². The highest BCUT2D eigenvalue weighted by molar-refractivity contribution is 6.09. The molecule has 33 heavy (non-hydrogen) atoms. The van der Waals surface area contributed by atoms with E-state index in [1.54, 1.807) is 24.3 Å². The van der Waals surface area contributed by atoms with Gasteiger partial charge in [-0.25, -0.2) is 4.39 Å². The van der Waals surface area contributed by atoms with Crippen molar-refractivity contribution in [3.63, 3.8) is 0 Å². The maximum absolute atomic E-state index is 13.1. The minimum atomic E-state index is -0.389. The maximum Gasteiger partial charge on any atom is 0.257 e. The molecule has 0 atom stereocenters. The second-order valence-corrected chi connectivity index (χ2v) is 8.18. The monoisotopic (exact) mass is 447 g/mol. The molecule has 1 N–H and O–H groups in total. The fourth-order valence-electron chi connectivity index (χ4n) is 4.06. The molecule has 1 saturated heterocycles. The first-order valence-electron chi connectivity index (χ1n) is 11.0. The number of ether oxygens (including phenoxy) is 2. The third-order valence-corrected chi connectivity index (χ3v) is 6.05. The van der Waals surface area contributed by atoms with Crippen LogP contribution in [-0.4, -0.2) is 38.1 Å². The molecular weight excluding hydrogens is 421 g/mol. The Morgan fingerprint density at radius 3 is 2.12 bits per heavy atom. The van der Waals surface area contributed by atoms with Gasteiger partial charge in [-0.15, -0.1) is 0 Å². The molecule has 0 saturated carbocycles. The van der Waals surface area contributed by atoms with E-state index in [1.807, 2.05) is 18.2 Å². The van der Waals surface area contributed by atoms with E-state index in [4.69, 9.17) is 9.47 Å². The van der Waals surface area contributed by atoms with Gasteiger partial charge >= 0.3 is 0 Å². The van der Waals surface area contributed by atoms with Gasteiger partial charge in [0, 0.05) is 36.3 Å². The summed E-state index contributed by atoms with van der Waals surface area (Å²) in [6.07, 6.45) is 1.70. The first-order chi connectivity index (χ1) is 16.1. The standard InChI is InChI=1S/C27H26FNO4/c28-23-10-6-20(7-11-23)26(31)21-8-12-24(13-9-21)33-18-25(30)29-19-27(14-16-32-17-15-27)22-4-2-1-3-5-22/h1-13H,14-19H2,(H,29,30). The Morgan fingerprint density at radius 1 is 0.879 bits per heavy atom. The third kappa shape index (κ3) is 5.65. The summed E-state index contributed by atoms with van der Waals surface area (Å²) in [5.41, 5.74) is 1.93.